The van der Waals surface area contributed by atoms with Gasteiger partial charge in [-0.25, -0.2) is 4.39 Å². The van der Waals surface area contributed by atoms with Crippen molar-refractivity contribution in [3.8, 4) is 0 Å². The SMILES string of the molecule is Fc1c(Br)ccnc1C1CCNCC1. The molecule has 1 aromatic heterocycles. The van der Waals surface area contributed by atoms with Crippen LogP contribution in [0.2, 0.25) is 0 Å². The molecule has 0 spiro atoms. The zero-order valence-corrected chi connectivity index (χ0v) is 9.35. The highest BCUT2D eigenvalue weighted by molar-refractivity contribution is 9.10. The van der Waals surface area contributed by atoms with E-state index >= 15 is 0 Å². The second-order valence-electron chi connectivity index (χ2n) is 3.52. The second-order valence-corrected chi connectivity index (χ2v) is 4.37. The van der Waals surface area contributed by atoms with Gasteiger partial charge in [0.05, 0.1) is 10.2 Å². The number of hydrogen-bond donors (Lipinski definition) is 1. The molecule has 76 valence electrons. The molecule has 1 saturated heterocycles. The fraction of sp³-hybridized carbons (Fsp3) is 0.500. The van der Waals surface area contributed by atoms with E-state index in [4.69, 9.17) is 0 Å². The molecule has 0 unspecified atom stereocenters. The summed E-state index contributed by atoms with van der Waals surface area (Å²) >= 11 is 3.18. The molecule has 4 heteroatoms. The number of pyridine rings is 1. The van der Waals surface area contributed by atoms with Crippen molar-refractivity contribution in [3.63, 3.8) is 0 Å². The van der Waals surface area contributed by atoms with Gasteiger partial charge in [-0.15, -0.1) is 0 Å². The van der Waals surface area contributed by atoms with Crippen molar-refractivity contribution in [1.29, 1.82) is 0 Å². The van der Waals surface area contributed by atoms with Crippen molar-refractivity contribution in [2.45, 2.75) is 18.8 Å². The molecule has 0 aliphatic carbocycles. The third kappa shape index (κ3) is 1.96. The highest BCUT2D eigenvalue weighted by atomic mass is 79.9. The Hall–Kier alpha value is -0.480. The van der Waals surface area contributed by atoms with Crippen LogP contribution >= 0.6 is 15.9 Å². The van der Waals surface area contributed by atoms with E-state index in [9.17, 15) is 4.39 Å². The summed E-state index contributed by atoms with van der Waals surface area (Å²) in [5.41, 5.74) is 0.612. The maximum Gasteiger partial charge on any atom is 0.159 e. The molecule has 2 heterocycles. The molecular weight excluding hydrogens is 247 g/mol. The number of piperidine rings is 1. The Morgan fingerprint density at radius 2 is 2.14 bits per heavy atom. The average Bonchev–Trinajstić information content (AvgIpc) is 2.23. The van der Waals surface area contributed by atoms with Gasteiger partial charge in [-0.3, -0.25) is 4.98 Å². The van der Waals surface area contributed by atoms with E-state index in [1.807, 2.05) is 0 Å². The molecule has 0 amide bonds. The van der Waals surface area contributed by atoms with Crippen LogP contribution in [-0.4, -0.2) is 18.1 Å². The van der Waals surface area contributed by atoms with Crippen LogP contribution in [-0.2, 0) is 0 Å². The zero-order valence-electron chi connectivity index (χ0n) is 7.76. The predicted octanol–water partition coefficient (Wildman–Crippen LogP) is 2.45. The van der Waals surface area contributed by atoms with Crippen LogP contribution in [0.25, 0.3) is 0 Å². The average molecular weight is 259 g/mol. The first kappa shape index (κ1) is 10.1. The Labute approximate surface area is 91.1 Å². The van der Waals surface area contributed by atoms with Gasteiger partial charge >= 0.3 is 0 Å². The number of nitrogens with zero attached hydrogens (tertiary/aromatic N) is 1. The van der Waals surface area contributed by atoms with Gasteiger partial charge in [-0.05, 0) is 47.9 Å². The lowest BCUT2D eigenvalue weighted by molar-refractivity contribution is 0.434. The molecule has 0 aromatic carbocycles. The molecular formula is C10H12BrFN2. The minimum absolute atomic E-state index is 0.195. The molecule has 1 N–H and O–H groups in total. The summed E-state index contributed by atoms with van der Waals surface area (Å²) in [6, 6.07) is 1.64. The molecule has 2 rings (SSSR count). The highest BCUT2D eigenvalue weighted by Gasteiger charge is 2.20. The lowest BCUT2D eigenvalue weighted by Gasteiger charge is -2.22. The van der Waals surface area contributed by atoms with Crippen LogP contribution in [0.15, 0.2) is 16.7 Å². The first-order valence-corrected chi connectivity index (χ1v) is 5.59. The van der Waals surface area contributed by atoms with Gasteiger partial charge in [0.2, 0.25) is 0 Å². The van der Waals surface area contributed by atoms with Gasteiger partial charge in [0.1, 0.15) is 0 Å². The van der Waals surface area contributed by atoms with Gasteiger partial charge in [-0.2, -0.15) is 0 Å². The quantitative estimate of drug-likeness (QED) is 0.837. The Bertz CT molecular complexity index is 324. The third-order valence-corrected chi connectivity index (χ3v) is 3.21. The third-order valence-electron chi connectivity index (χ3n) is 2.59. The van der Waals surface area contributed by atoms with Crippen LogP contribution in [0.1, 0.15) is 24.5 Å². The lowest BCUT2D eigenvalue weighted by atomic mass is 9.94. The summed E-state index contributed by atoms with van der Waals surface area (Å²) < 4.78 is 14.2. The van der Waals surface area contributed by atoms with E-state index in [0.717, 1.165) is 25.9 Å². The van der Waals surface area contributed by atoms with Crippen molar-refractivity contribution < 1.29 is 4.39 Å². The first-order valence-electron chi connectivity index (χ1n) is 4.79. The Morgan fingerprint density at radius 1 is 1.43 bits per heavy atom. The molecule has 0 saturated carbocycles. The molecule has 0 radical (unpaired) electrons. The zero-order chi connectivity index (χ0) is 9.97. The second kappa shape index (κ2) is 4.36. The summed E-state index contributed by atoms with van der Waals surface area (Å²) in [5.74, 6) is 0.0770. The minimum Gasteiger partial charge on any atom is -0.317 e. The Morgan fingerprint density at radius 3 is 2.86 bits per heavy atom. The normalized spacial score (nSPS) is 18.4. The Kier molecular flexibility index (Phi) is 3.13. The summed E-state index contributed by atoms with van der Waals surface area (Å²) in [7, 11) is 0. The van der Waals surface area contributed by atoms with Crippen molar-refractivity contribution in [2.75, 3.05) is 13.1 Å². The largest absolute Gasteiger partial charge is 0.317 e. The number of aromatic nitrogens is 1. The van der Waals surface area contributed by atoms with E-state index in [-0.39, 0.29) is 11.7 Å². The first-order chi connectivity index (χ1) is 6.79. The van der Waals surface area contributed by atoms with E-state index in [0.29, 0.717) is 10.2 Å². The van der Waals surface area contributed by atoms with Crippen LogP contribution in [0.4, 0.5) is 4.39 Å². The standard InChI is InChI=1S/C10H12BrFN2/c11-8-3-6-14-10(9(8)12)7-1-4-13-5-2-7/h3,6-7,13H,1-2,4-5H2. The monoisotopic (exact) mass is 258 g/mol. The maximum absolute atomic E-state index is 13.7. The molecule has 1 aliphatic rings. The van der Waals surface area contributed by atoms with Gasteiger partial charge in [0, 0.05) is 12.1 Å². The maximum atomic E-state index is 13.7. The number of halogens is 2. The van der Waals surface area contributed by atoms with E-state index in [1.54, 1.807) is 12.3 Å². The summed E-state index contributed by atoms with van der Waals surface area (Å²) in [6.45, 7) is 1.91. The van der Waals surface area contributed by atoms with Crippen LogP contribution < -0.4 is 5.32 Å². The van der Waals surface area contributed by atoms with Crippen LogP contribution in [0.3, 0.4) is 0 Å². The molecule has 2 nitrogen and oxygen atoms in total. The van der Waals surface area contributed by atoms with Gasteiger partial charge < -0.3 is 5.32 Å². The minimum atomic E-state index is -0.195. The number of rotatable bonds is 1. The van der Waals surface area contributed by atoms with Crippen LogP contribution in [0.5, 0.6) is 0 Å². The van der Waals surface area contributed by atoms with Crippen molar-refractivity contribution in [3.05, 3.63) is 28.2 Å². The Balaban J connectivity index is 2.26. The van der Waals surface area contributed by atoms with Crippen molar-refractivity contribution in [2.24, 2.45) is 0 Å². The smallest absolute Gasteiger partial charge is 0.159 e. The molecule has 1 fully saturated rings. The van der Waals surface area contributed by atoms with Crippen molar-refractivity contribution >= 4 is 15.9 Å². The molecule has 1 aromatic rings. The van der Waals surface area contributed by atoms with Gasteiger partial charge in [0.25, 0.3) is 0 Å². The van der Waals surface area contributed by atoms with E-state index in [2.05, 4.69) is 26.2 Å². The fourth-order valence-corrected chi connectivity index (χ4v) is 2.14. The van der Waals surface area contributed by atoms with Crippen LogP contribution in [0, 0.1) is 5.82 Å². The highest BCUT2D eigenvalue weighted by Crippen LogP contribution is 2.28. The summed E-state index contributed by atoms with van der Waals surface area (Å²) in [5, 5.41) is 3.26. The number of hydrogen-bond acceptors (Lipinski definition) is 2. The molecule has 14 heavy (non-hydrogen) atoms. The number of nitrogens with one attached hydrogen (secondary N) is 1. The van der Waals surface area contributed by atoms with E-state index in [1.165, 1.54) is 0 Å². The molecule has 1 aliphatic heterocycles. The molecule has 0 atom stereocenters. The van der Waals surface area contributed by atoms with Crippen molar-refractivity contribution in [1.82, 2.24) is 10.3 Å². The topological polar surface area (TPSA) is 24.9 Å². The van der Waals surface area contributed by atoms with Gasteiger partial charge in [0.15, 0.2) is 5.82 Å². The lowest BCUT2D eigenvalue weighted by Crippen LogP contribution is -2.27. The summed E-state index contributed by atoms with van der Waals surface area (Å²) in [6.07, 6.45) is 3.60. The fourth-order valence-electron chi connectivity index (χ4n) is 1.82. The molecule has 0 bridgehead atoms. The van der Waals surface area contributed by atoms with E-state index < -0.39 is 0 Å². The summed E-state index contributed by atoms with van der Waals surface area (Å²) in [4.78, 5) is 4.13. The predicted molar refractivity (Wildman–Crippen MR) is 56.7 cm³/mol. The van der Waals surface area contributed by atoms with Gasteiger partial charge in [-0.1, -0.05) is 0 Å².